The number of carbonyl (C=O) groups excluding carboxylic acids is 1. The molecule has 1 N–H and O–H groups in total. The van der Waals surface area contributed by atoms with Crippen LogP contribution in [-0.4, -0.2) is 47.8 Å². The van der Waals surface area contributed by atoms with Crippen LogP contribution in [0.2, 0.25) is 0 Å². The molecule has 5 heteroatoms. The number of nitrogens with one attached hydrogen (secondary N) is 1. The Hall–Kier alpha value is -1.91. The molecule has 0 aromatic heterocycles. The summed E-state index contributed by atoms with van der Waals surface area (Å²) in [6, 6.07) is 8.98. The number of hydrogen-bond acceptors (Lipinski definition) is 4. The molecule has 25 heavy (non-hydrogen) atoms. The first kappa shape index (κ1) is 17.9. The molecule has 1 fully saturated rings. The van der Waals surface area contributed by atoms with Crippen molar-refractivity contribution in [1.82, 2.24) is 4.90 Å². The van der Waals surface area contributed by atoms with Gasteiger partial charge in [0.15, 0.2) is 0 Å². The Balaban J connectivity index is 1.68. The van der Waals surface area contributed by atoms with Gasteiger partial charge in [-0.3, -0.25) is 0 Å². The van der Waals surface area contributed by atoms with Gasteiger partial charge in [-0.1, -0.05) is 12.1 Å². The summed E-state index contributed by atoms with van der Waals surface area (Å²) in [7, 11) is 0. The molecular weight excluding hydrogens is 314 g/mol. The summed E-state index contributed by atoms with van der Waals surface area (Å²) in [6.45, 7) is 12.7. The lowest BCUT2D eigenvalue weighted by molar-refractivity contribution is 0.0204. The number of ether oxygens (including phenoxy) is 1. The Kier molecular flexibility index (Phi) is 4.60. The minimum absolute atomic E-state index is 0.0383. The lowest BCUT2D eigenvalue weighted by atomic mass is 9.94. The van der Waals surface area contributed by atoms with Crippen LogP contribution in [-0.2, 0) is 4.74 Å². The predicted octanol–water partition coefficient (Wildman–Crippen LogP) is 4.10. The first-order valence-electron chi connectivity index (χ1n) is 9.26. The summed E-state index contributed by atoms with van der Waals surface area (Å²) in [5, 5.41) is 3.63. The second kappa shape index (κ2) is 6.43. The van der Waals surface area contributed by atoms with Crippen molar-refractivity contribution in [3.63, 3.8) is 0 Å². The van der Waals surface area contributed by atoms with Crippen molar-refractivity contribution in [3.8, 4) is 0 Å². The van der Waals surface area contributed by atoms with E-state index in [2.05, 4.69) is 48.3 Å². The molecule has 0 bridgehead atoms. The molecule has 5 nitrogen and oxygen atoms in total. The van der Waals surface area contributed by atoms with Gasteiger partial charge in [0.05, 0.1) is 11.4 Å². The van der Waals surface area contributed by atoms with Crippen molar-refractivity contribution in [3.05, 3.63) is 24.3 Å². The number of piperidine rings is 1. The zero-order chi connectivity index (χ0) is 18.2. The fourth-order valence-corrected chi connectivity index (χ4v) is 3.76. The maximum atomic E-state index is 12.3. The third kappa shape index (κ3) is 4.20. The van der Waals surface area contributed by atoms with Crippen LogP contribution in [0.15, 0.2) is 24.3 Å². The second-order valence-corrected chi connectivity index (χ2v) is 8.85. The van der Waals surface area contributed by atoms with Gasteiger partial charge < -0.3 is 19.9 Å². The molecule has 2 heterocycles. The van der Waals surface area contributed by atoms with Gasteiger partial charge in [0.2, 0.25) is 0 Å². The first-order valence-corrected chi connectivity index (χ1v) is 9.26. The van der Waals surface area contributed by atoms with Gasteiger partial charge in [-0.2, -0.15) is 0 Å². The molecule has 0 spiro atoms. The largest absolute Gasteiger partial charge is 0.444 e. The number of fused-ring (bicyclic) bond motifs is 1. The Morgan fingerprint density at radius 3 is 2.48 bits per heavy atom. The minimum atomic E-state index is -0.435. The third-order valence-corrected chi connectivity index (χ3v) is 4.81. The van der Waals surface area contributed by atoms with E-state index in [1.807, 2.05) is 25.7 Å². The Morgan fingerprint density at radius 1 is 1.20 bits per heavy atom. The SMILES string of the molecule is CC1(C)CN(C2CCN(C(=O)OC(C)(C)C)CC2)c2ccccc2N1. The quantitative estimate of drug-likeness (QED) is 0.832. The fourth-order valence-electron chi connectivity index (χ4n) is 3.76. The molecule has 2 aliphatic heterocycles. The summed E-state index contributed by atoms with van der Waals surface area (Å²) in [5.74, 6) is 0. The number of anilines is 2. The van der Waals surface area contributed by atoms with Crippen LogP contribution < -0.4 is 10.2 Å². The van der Waals surface area contributed by atoms with E-state index >= 15 is 0 Å². The van der Waals surface area contributed by atoms with E-state index in [9.17, 15) is 4.79 Å². The number of hydrogen-bond donors (Lipinski definition) is 1. The molecule has 0 atom stereocenters. The maximum Gasteiger partial charge on any atom is 0.410 e. The van der Waals surface area contributed by atoms with Crippen molar-refractivity contribution >= 4 is 17.5 Å². The summed E-state index contributed by atoms with van der Waals surface area (Å²) >= 11 is 0. The van der Waals surface area contributed by atoms with Crippen LogP contribution >= 0.6 is 0 Å². The molecule has 0 unspecified atom stereocenters. The molecule has 0 radical (unpaired) electrons. The molecular formula is C20H31N3O2. The molecule has 2 aliphatic rings. The highest BCUT2D eigenvalue weighted by atomic mass is 16.6. The van der Waals surface area contributed by atoms with Crippen molar-refractivity contribution in [2.75, 3.05) is 29.9 Å². The number of amides is 1. The van der Waals surface area contributed by atoms with Gasteiger partial charge in [-0.05, 0) is 59.6 Å². The first-order chi connectivity index (χ1) is 11.6. The zero-order valence-corrected chi connectivity index (χ0v) is 16.1. The molecule has 1 aromatic rings. The van der Waals surface area contributed by atoms with Gasteiger partial charge >= 0.3 is 6.09 Å². The highest BCUT2D eigenvalue weighted by Gasteiger charge is 2.35. The summed E-state index contributed by atoms with van der Waals surface area (Å²) in [4.78, 5) is 16.7. The topological polar surface area (TPSA) is 44.8 Å². The van der Waals surface area contributed by atoms with E-state index in [4.69, 9.17) is 4.74 Å². The standard InChI is InChI=1S/C20H31N3O2/c1-19(2,3)25-18(24)22-12-10-15(11-13-22)23-14-20(4,5)21-16-8-6-7-9-17(16)23/h6-9,15,21H,10-14H2,1-5H3. The lowest BCUT2D eigenvalue weighted by Crippen LogP contribution is -2.55. The summed E-state index contributed by atoms with van der Waals surface area (Å²) in [5.41, 5.74) is 2.08. The number of likely N-dealkylation sites (tertiary alicyclic amines) is 1. The number of para-hydroxylation sites is 2. The predicted molar refractivity (Wildman–Crippen MR) is 102 cm³/mol. The molecule has 1 aromatic carbocycles. The summed E-state index contributed by atoms with van der Waals surface area (Å²) < 4.78 is 5.51. The van der Waals surface area contributed by atoms with Gasteiger partial charge in [0.1, 0.15) is 5.60 Å². The number of rotatable bonds is 1. The van der Waals surface area contributed by atoms with Gasteiger partial charge in [0, 0.05) is 31.2 Å². The minimum Gasteiger partial charge on any atom is -0.444 e. The molecule has 3 rings (SSSR count). The molecule has 0 aliphatic carbocycles. The van der Waals surface area contributed by atoms with Crippen LogP contribution in [0.4, 0.5) is 16.2 Å². The number of carbonyl (C=O) groups is 1. The van der Waals surface area contributed by atoms with Gasteiger partial charge in [0.25, 0.3) is 0 Å². The Labute approximate surface area is 151 Å². The van der Waals surface area contributed by atoms with Crippen molar-refractivity contribution < 1.29 is 9.53 Å². The number of nitrogens with zero attached hydrogens (tertiary/aromatic N) is 2. The smallest absolute Gasteiger partial charge is 0.410 e. The molecule has 138 valence electrons. The van der Waals surface area contributed by atoms with Crippen LogP contribution in [0.25, 0.3) is 0 Å². The second-order valence-electron chi connectivity index (χ2n) is 8.85. The van der Waals surface area contributed by atoms with Gasteiger partial charge in [-0.15, -0.1) is 0 Å². The highest BCUT2D eigenvalue weighted by molar-refractivity contribution is 5.74. The van der Waals surface area contributed by atoms with Crippen LogP contribution in [0, 0.1) is 0 Å². The van der Waals surface area contributed by atoms with E-state index in [0.717, 1.165) is 32.5 Å². The molecule has 0 saturated carbocycles. The van der Waals surface area contributed by atoms with Crippen LogP contribution in [0.5, 0.6) is 0 Å². The normalized spacial score (nSPS) is 20.7. The van der Waals surface area contributed by atoms with Crippen molar-refractivity contribution in [2.45, 2.75) is 64.6 Å². The fraction of sp³-hybridized carbons (Fsp3) is 0.650. The Bertz CT molecular complexity index is 628. The van der Waals surface area contributed by atoms with Crippen LogP contribution in [0.3, 0.4) is 0 Å². The van der Waals surface area contributed by atoms with E-state index < -0.39 is 5.60 Å². The third-order valence-electron chi connectivity index (χ3n) is 4.81. The van der Waals surface area contributed by atoms with E-state index in [1.54, 1.807) is 0 Å². The average Bonchev–Trinajstić information content (AvgIpc) is 2.52. The van der Waals surface area contributed by atoms with E-state index in [0.29, 0.717) is 6.04 Å². The summed E-state index contributed by atoms with van der Waals surface area (Å²) in [6.07, 6.45) is 1.76. The molecule has 1 saturated heterocycles. The van der Waals surface area contributed by atoms with Crippen LogP contribution in [0.1, 0.15) is 47.5 Å². The van der Waals surface area contributed by atoms with E-state index in [-0.39, 0.29) is 11.6 Å². The zero-order valence-electron chi connectivity index (χ0n) is 16.1. The van der Waals surface area contributed by atoms with Gasteiger partial charge in [-0.25, -0.2) is 4.79 Å². The van der Waals surface area contributed by atoms with E-state index in [1.165, 1.54) is 11.4 Å². The number of benzene rings is 1. The average molecular weight is 345 g/mol. The Morgan fingerprint density at radius 2 is 1.84 bits per heavy atom. The lowest BCUT2D eigenvalue weighted by Gasteiger charge is -2.47. The highest BCUT2D eigenvalue weighted by Crippen LogP contribution is 2.37. The van der Waals surface area contributed by atoms with Crippen molar-refractivity contribution in [1.29, 1.82) is 0 Å². The monoisotopic (exact) mass is 345 g/mol. The van der Waals surface area contributed by atoms with Crippen molar-refractivity contribution in [2.24, 2.45) is 0 Å². The maximum absolute atomic E-state index is 12.3. The molecule has 1 amide bonds.